The second-order valence-corrected chi connectivity index (χ2v) is 12.9. The van der Waals surface area contributed by atoms with E-state index in [2.05, 4.69) is 31.9 Å². The van der Waals surface area contributed by atoms with Crippen LogP contribution in [0.5, 0.6) is 0 Å². The molecule has 1 atom stereocenters. The number of nitrogens with zero attached hydrogens (tertiary/aromatic N) is 3. The molecule has 1 unspecified atom stereocenters. The third-order valence-corrected chi connectivity index (χ3v) is 8.80. The van der Waals surface area contributed by atoms with Gasteiger partial charge in [0.2, 0.25) is 15.9 Å². The van der Waals surface area contributed by atoms with E-state index < -0.39 is 16.1 Å². The van der Waals surface area contributed by atoms with Crippen LogP contribution in [0, 0.1) is 0 Å². The van der Waals surface area contributed by atoms with Gasteiger partial charge >= 0.3 is 0 Å². The van der Waals surface area contributed by atoms with Crippen molar-refractivity contribution in [2.24, 2.45) is 0 Å². The van der Waals surface area contributed by atoms with Crippen molar-refractivity contribution in [2.75, 3.05) is 50.5 Å². The molecule has 2 amide bonds. The van der Waals surface area contributed by atoms with Crippen molar-refractivity contribution >= 4 is 54.4 Å². The number of hydrogen-bond acceptors (Lipinski definition) is 7. The Balaban J connectivity index is 1.47. The number of ether oxygens (including phenoxy) is 1. The standard InChI is InChI=1S/C27H33BrN6O5S/c1-29-27(36)25-21-14-20(17-4-5-17)24(15-22(21)32-34(25)19-8-6-18(28)7-9-19)33(40(2,37)38)12-3-10-31-26(35)23-16-39-13-11-30-23/h6-9,14-15,17,23,30H,3-5,10-13,16H2,1-2H3,(H,29,36)(H,31,35). The molecule has 214 valence electrons. The first-order valence-electron chi connectivity index (χ1n) is 13.3. The first-order chi connectivity index (χ1) is 19.2. The first kappa shape index (κ1) is 28.5. The third-order valence-electron chi connectivity index (χ3n) is 7.09. The summed E-state index contributed by atoms with van der Waals surface area (Å²) in [5.41, 5.74) is 3.07. The fraction of sp³-hybridized carbons (Fsp3) is 0.444. The van der Waals surface area contributed by atoms with Crippen LogP contribution in [0.25, 0.3) is 16.6 Å². The van der Waals surface area contributed by atoms with E-state index in [0.29, 0.717) is 60.7 Å². The van der Waals surface area contributed by atoms with Crippen molar-refractivity contribution in [3.8, 4) is 5.69 Å². The molecule has 1 saturated carbocycles. The molecule has 1 aliphatic heterocycles. The fourth-order valence-electron chi connectivity index (χ4n) is 4.94. The Bertz CT molecular complexity index is 1510. The van der Waals surface area contributed by atoms with Crippen LogP contribution in [0.15, 0.2) is 40.9 Å². The first-order valence-corrected chi connectivity index (χ1v) is 15.9. The Kier molecular flexibility index (Phi) is 8.45. The molecule has 1 saturated heterocycles. The van der Waals surface area contributed by atoms with E-state index in [-0.39, 0.29) is 24.3 Å². The smallest absolute Gasteiger partial charge is 0.270 e. The maximum Gasteiger partial charge on any atom is 0.270 e. The predicted molar refractivity (Wildman–Crippen MR) is 157 cm³/mol. The Morgan fingerprint density at radius 1 is 1.23 bits per heavy atom. The molecular formula is C27H33BrN6O5S. The quantitative estimate of drug-likeness (QED) is 0.292. The number of hydrogen-bond donors (Lipinski definition) is 3. The number of sulfonamides is 1. The highest BCUT2D eigenvalue weighted by Crippen LogP contribution is 2.46. The number of halogens is 1. The minimum Gasteiger partial charge on any atom is -0.378 e. The molecule has 3 N–H and O–H groups in total. The molecule has 2 fully saturated rings. The van der Waals surface area contributed by atoms with Gasteiger partial charge in [-0.25, -0.2) is 13.1 Å². The van der Waals surface area contributed by atoms with Gasteiger partial charge in [0.25, 0.3) is 5.91 Å². The Labute approximate surface area is 241 Å². The molecule has 0 spiro atoms. The van der Waals surface area contributed by atoms with Crippen molar-refractivity contribution in [2.45, 2.75) is 31.2 Å². The number of aromatic nitrogens is 2. The number of carbonyl (C=O) groups excluding carboxylic acids is 2. The second-order valence-electron chi connectivity index (χ2n) is 10.1. The van der Waals surface area contributed by atoms with Crippen LogP contribution in [0.4, 0.5) is 5.69 Å². The second kappa shape index (κ2) is 11.9. The summed E-state index contributed by atoms with van der Waals surface area (Å²) in [6.07, 6.45) is 3.50. The van der Waals surface area contributed by atoms with Crippen molar-refractivity contribution in [3.63, 3.8) is 0 Å². The van der Waals surface area contributed by atoms with Gasteiger partial charge in [0.15, 0.2) is 0 Å². The molecule has 1 aromatic heterocycles. The van der Waals surface area contributed by atoms with Crippen LogP contribution in [0.1, 0.15) is 41.2 Å². The number of morpholine rings is 1. The molecule has 2 heterocycles. The van der Waals surface area contributed by atoms with Crippen LogP contribution in [-0.4, -0.2) is 82.2 Å². The Morgan fingerprint density at radius 2 is 1.98 bits per heavy atom. The van der Waals surface area contributed by atoms with Crippen molar-refractivity contribution < 1.29 is 22.7 Å². The van der Waals surface area contributed by atoms with Crippen LogP contribution >= 0.6 is 15.9 Å². The number of carbonyl (C=O) groups is 2. The molecule has 0 bridgehead atoms. The summed E-state index contributed by atoms with van der Waals surface area (Å²) in [6.45, 7) is 2.02. The van der Waals surface area contributed by atoms with Crippen molar-refractivity contribution in [1.29, 1.82) is 0 Å². The lowest BCUT2D eigenvalue weighted by Crippen LogP contribution is -2.51. The summed E-state index contributed by atoms with van der Waals surface area (Å²) in [5, 5.41) is 14.1. The minimum atomic E-state index is -3.65. The molecule has 11 nitrogen and oxygen atoms in total. The average molecular weight is 634 g/mol. The van der Waals surface area contributed by atoms with E-state index in [9.17, 15) is 18.0 Å². The normalized spacial score (nSPS) is 17.5. The summed E-state index contributed by atoms with van der Waals surface area (Å²) in [5.74, 6) is -0.242. The Hall–Kier alpha value is -3.00. The molecule has 2 aromatic carbocycles. The van der Waals surface area contributed by atoms with E-state index in [0.717, 1.165) is 22.9 Å². The highest BCUT2D eigenvalue weighted by molar-refractivity contribution is 9.10. The van der Waals surface area contributed by atoms with Crippen LogP contribution in [-0.2, 0) is 19.6 Å². The summed E-state index contributed by atoms with van der Waals surface area (Å²) >= 11 is 3.44. The Morgan fingerprint density at radius 3 is 2.60 bits per heavy atom. The van der Waals surface area contributed by atoms with E-state index in [1.807, 2.05) is 30.3 Å². The lowest BCUT2D eigenvalue weighted by Gasteiger charge is -2.26. The van der Waals surface area contributed by atoms with E-state index in [1.165, 1.54) is 10.6 Å². The van der Waals surface area contributed by atoms with E-state index in [1.54, 1.807) is 17.8 Å². The molecule has 1 aliphatic carbocycles. The summed E-state index contributed by atoms with van der Waals surface area (Å²) < 4.78 is 35.3. The van der Waals surface area contributed by atoms with Crippen LogP contribution < -0.4 is 20.3 Å². The van der Waals surface area contributed by atoms with Gasteiger partial charge in [-0.1, -0.05) is 15.9 Å². The van der Waals surface area contributed by atoms with Gasteiger partial charge < -0.3 is 20.7 Å². The number of rotatable bonds is 10. The zero-order valence-corrected chi connectivity index (χ0v) is 24.8. The molecule has 2 aliphatic rings. The van der Waals surface area contributed by atoms with Crippen molar-refractivity contribution in [1.82, 2.24) is 25.7 Å². The average Bonchev–Trinajstić information content (AvgIpc) is 3.72. The summed E-state index contributed by atoms with van der Waals surface area (Å²) in [4.78, 5) is 25.5. The number of benzene rings is 2. The van der Waals surface area contributed by atoms with E-state index >= 15 is 0 Å². The highest BCUT2D eigenvalue weighted by Gasteiger charge is 2.32. The van der Waals surface area contributed by atoms with Gasteiger partial charge in [-0.3, -0.25) is 13.9 Å². The van der Waals surface area contributed by atoms with Crippen LogP contribution in [0.3, 0.4) is 0 Å². The molecule has 13 heteroatoms. The molecule has 3 aromatic rings. The lowest BCUT2D eigenvalue weighted by atomic mass is 10.0. The fourth-order valence-corrected chi connectivity index (χ4v) is 6.18. The minimum absolute atomic E-state index is 0.161. The predicted octanol–water partition coefficient (Wildman–Crippen LogP) is 2.29. The monoisotopic (exact) mass is 632 g/mol. The van der Waals surface area contributed by atoms with Crippen LogP contribution in [0.2, 0.25) is 0 Å². The summed E-state index contributed by atoms with van der Waals surface area (Å²) in [6, 6.07) is 10.8. The zero-order valence-electron chi connectivity index (χ0n) is 22.4. The topological polar surface area (TPSA) is 135 Å². The summed E-state index contributed by atoms with van der Waals surface area (Å²) in [7, 11) is -2.07. The zero-order chi connectivity index (χ0) is 28.4. The van der Waals surface area contributed by atoms with E-state index in [4.69, 9.17) is 9.84 Å². The number of anilines is 1. The number of fused-ring (bicyclic) bond motifs is 1. The largest absolute Gasteiger partial charge is 0.378 e. The lowest BCUT2D eigenvalue weighted by molar-refractivity contribution is -0.125. The maximum atomic E-state index is 13.0. The maximum absolute atomic E-state index is 13.0. The molecule has 0 radical (unpaired) electrons. The van der Waals surface area contributed by atoms with Crippen molar-refractivity contribution in [3.05, 3.63) is 52.1 Å². The third kappa shape index (κ3) is 6.17. The number of amides is 2. The van der Waals surface area contributed by atoms with Gasteiger partial charge in [0.1, 0.15) is 11.7 Å². The van der Waals surface area contributed by atoms with Gasteiger partial charge in [-0.05, 0) is 67.1 Å². The van der Waals surface area contributed by atoms with Gasteiger partial charge in [0, 0.05) is 36.5 Å². The van der Waals surface area contributed by atoms with Gasteiger partial charge in [0.05, 0.1) is 36.4 Å². The molecular weight excluding hydrogens is 600 g/mol. The molecule has 40 heavy (non-hydrogen) atoms. The molecule has 5 rings (SSSR count). The van der Waals surface area contributed by atoms with Gasteiger partial charge in [-0.15, -0.1) is 0 Å². The highest BCUT2D eigenvalue weighted by atomic mass is 79.9. The number of nitrogens with one attached hydrogen (secondary N) is 3. The SMILES string of the molecule is CNC(=O)c1c2cc(C3CC3)c(N(CCCNC(=O)C3COCCN3)S(C)(=O)=O)cc2nn1-c1ccc(Br)cc1. The van der Waals surface area contributed by atoms with Gasteiger partial charge in [-0.2, -0.15) is 5.10 Å².